The summed E-state index contributed by atoms with van der Waals surface area (Å²) < 4.78 is 0.963. The van der Waals surface area contributed by atoms with E-state index in [4.69, 9.17) is 0 Å². The molecule has 0 radical (unpaired) electrons. The molecule has 0 aliphatic carbocycles. The third kappa shape index (κ3) is 3.49. The van der Waals surface area contributed by atoms with Crippen molar-refractivity contribution in [1.29, 1.82) is 0 Å². The molecule has 1 aromatic heterocycles. The summed E-state index contributed by atoms with van der Waals surface area (Å²) in [6.45, 7) is 0. The maximum atomic E-state index is 11.6. The average Bonchev–Trinajstić information content (AvgIpc) is 2.40. The summed E-state index contributed by atoms with van der Waals surface area (Å²) in [6.07, 6.45) is 4.69. The molecule has 0 unspecified atom stereocenters. The minimum atomic E-state index is -0.283. The number of hydrogen-bond donors (Lipinski definition) is 1. The zero-order valence-electron chi connectivity index (χ0n) is 9.38. The minimum Gasteiger partial charge on any atom is -0.267 e. The van der Waals surface area contributed by atoms with Gasteiger partial charge in [-0.3, -0.25) is 9.78 Å². The third-order valence-corrected chi connectivity index (χ3v) is 2.65. The summed E-state index contributed by atoms with van der Waals surface area (Å²) in [7, 11) is 0. The van der Waals surface area contributed by atoms with E-state index in [2.05, 4.69) is 31.4 Å². The van der Waals surface area contributed by atoms with Crippen molar-refractivity contribution in [3.63, 3.8) is 0 Å². The molecule has 0 aliphatic heterocycles. The first kappa shape index (κ1) is 12.4. The highest BCUT2D eigenvalue weighted by molar-refractivity contribution is 9.10. The Balaban J connectivity index is 1.98. The van der Waals surface area contributed by atoms with Crippen LogP contribution in [0.3, 0.4) is 0 Å². The molecule has 1 heterocycles. The monoisotopic (exact) mass is 303 g/mol. The molecule has 90 valence electrons. The molecule has 0 atom stereocenters. The van der Waals surface area contributed by atoms with E-state index in [9.17, 15) is 4.79 Å². The van der Waals surface area contributed by atoms with E-state index in [1.54, 1.807) is 24.5 Å². The fraction of sp³-hybridized carbons (Fsp3) is 0. The number of hydrazone groups is 1. The van der Waals surface area contributed by atoms with Crippen LogP contribution < -0.4 is 5.43 Å². The number of carbonyl (C=O) groups excluding carboxylic acids is 1. The number of halogens is 1. The molecule has 1 aromatic carbocycles. The van der Waals surface area contributed by atoms with E-state index in [1.165, 1.54) is 6.20 Å². The summed E-state index contributed by atoms with van der Waals surface area (Å²) in [5.74, 6) is -0.283. The van der Waals surface area contributed by atoms with Crippen LogP contribution in [0.5, 0.6) is 0 Å². The Morgan fingerprint density at radius 1 is 1.33 bits per heavy atom. The van der Waals surface area contributed by atoms with Gasteiger partial charge in [0.2, 0.25) is 0 Å². The van der Waals surface area contributed by atoms with Crippen LogP contribution in [-0.4, -0.2) is 17.1 Å². The van der Waals surface area contributed by atoms with Crippen LogP contribution in [-0.2, 0) is 0 Å². The number of hydrogen-bond acceptors (Lipinski definition) is 3. The van der Waals surface area contributed by atoms with Crippen molar-refractivity contribution in [3.05, 3.63) is 64.4 Å². The molecular weight excluding hydrogens is 294 g/mol. The number of aromatic nitrogens is 1. The molecule has 18 heavy (non-hydrogen) atoms. The van der Waals surface area contributed by atoms with Crippen LogP contribution in [0.4, 0.5) is 0 Å². The van der Waals surface area contributed by atoms with Crippen LogP contribution in [0.15, 0.2) is 58.4 Å². The van der Waals surface area contributed by atoms with Crippen LogP contribution in [0, 0.1) is 0 Å². The van der Waals surface area contributed by atoms with Gasteiger partial charge >= 0.3 is 0 Å². The number of carbonyl (C=O) groups is 1. The predicted octanol–water partition coefficient (Wildman–Crippen LogP) is 2.61. The second-order valence-electron chi connectivity index (χ2n) is 3.50. The number of rotatable bonds is 3. The number of nitrogens with one attached hydrogen (secondary N) is 1. The van der Waals surface area contributed by atoms with Gasteiger partial charge < -0.3 is 0 Å². The molecule has 0 fully saturated rings. The van der Waals surface area contributed by atoms with Gasteiger partial charge in [0.1, 0.15) is 0 Å². The maximum absolute atomic E-state index is 11.6. The Hall–Kier alpha value is -2.01. The van der Waals surface area contributed by atoms with Gasteiger partial charge in [0.15, 0.2) is 0 Å². The van der Waals surface area contributed by atoms with E-state index in [-0.39, 0.29) is 5.91 Å². The zero-order valence-corrected chi connectivity index (χ0v) is 11.0. The highest BCUT2D eigenvalue weighted by Crippen LogP contribution is 2.09. The van der Waals surface area contributed by atoms with Gasteiger partial charge in [-0.25, -0.2) is 5.43 Å². The van der Waals surface area contributed by atoms with Crippen LogP contribution in [0.2, 0.25) is 0 Å². The topological polar surface area (TPSA) is 54.4 Å². The molecule has 0 bridgehead atoms. The van der Waals surface area contributed by atoms with Crippen LogP contribution >= 0.6 is 15.9 Å². The van der Waals surface area contributed by atoms with Gasteiger partial charge in [0, 0.05) is 16.9 Å². The summed E-state index contributed by atoms with van der Waals surface area (Å²) in [4.78, 5) is 15.5. The van der Waals surface area contributed by atoms with Crippen molar-refractivity contribution in [3.8, 4) is 0 Å². The normalized spacial score (nSPS) is 10.5. The summed E-state index contributed by atoms with van der Waals surface area (Å²) in [6, 6.07) is 11.0. The molecule has 0 spiro atoms. The molecule has 2 rings (SSSR count). The maximum Gasteiger partial charge on any atom is 0.272 e. The van der Waals surface area contributed by atoms with Gasteiger partial charge in [-0.1, -0.05) is 28.1 Å². The molecule has 2 aromatic rings. The SMILES string of the molecule is O=C(N/N=C/c1cccc(Br)c1)c1cccnc1. The van der Waals surface area contributed by atoms with Crippen LogP contribution in [0.1, 0.15) is 15.9 Å². The van der Waals surface area contributed by atoms with Gasteiger partial charge in [0.25, 0.3) is 5.91 Å². The van der Waals surface area contributed by atoms with E-state index < -0.39 is 0 Å². The van der Waals surface area contributed by atoms with E-state index >= 15 is 0 Å². The second-order valence-corrected chi connectivity index (χ2v) is 4.41. The molecule has 5 heteroatoms. The fourth-order valence-electron chi connectivity index (χ4n) is 1.31. The lowest BCUT2D eigenvalue weighted by Gasteiger charge is -1.98. The van der Waals surface area contributed by atoms with E-state index in [0.717, 1.165) is 10.0 Å². The quantitative estimate of drug-likeness (QED) is 0.700. The Morgan fingerprint density at radius 2 is 2.22 bits per heavy atom. The predicted molar refractivity (Wildman–Crippen MR) is 73.4 cm³/mol. The second kappa shape index (κ2) is 6.07. The molecule has 0 saturated carbocycles. The van der Waals surface area contributed by atoms with Crippen molar-refractivity contribution in [1.82, 2.24) is 10.4 Å². The van der Waals surface area contributed by atoms with Gasteiger partial charge in [-0.05, 0) is 29.8 Å². The average molecular weight is 304 g/mol. The Labute approximate surface area is 113 Å². The van der Waals surface area contributed by atoms with Crippen molar-refractivity contribution in [2.45, 2.75) is 0 Å². The molecule has 1 N–H and O–H groups in total. The first-order valence-corrected chi connectivity index (χ1v) is 6.04. The van der Waals surface area contributed by atoms with Crippen LogP contribution in [0.25, 0.3) is 0 Å². The number of benzene rings is 1. The summed E-state index contributed by atoms with van der Waals surface area (Å²) in [5.41, 5.74) is 3.82. The standard InChI is InChI=1S/C13H10BrN3O/c14-12-5-1-3-10(7-12)8-16-17-13(18)11-4-2-6-15-9-11/h1-9H,(H,17,18)/b16-8+. The highest BCUT2D eigenvalue weighted by Gasteiger charge is 2.02. The molecule has 1 amide bonds. The van der Waals surface area contributed by atoms with Crippen molar-refractivity contribution in [2.24, 2.45) is 5.10 Å². The lowest BCUT2D eigenvalue weighted by atomic mass is 10.2. The highest BCUT2D eigenvalue weighted by atomic mass is 79.9. The number of pyridine rings is 1. The van der Waals surface area contributed by atoms with Gasteiger partial charge in [-0.15, -0.1) is 0 Å². The first-order chi connectivity index (χ1) is 8.75. The molecular formula is C13H10BrN3O. The summed E-state index contributed by atoms with van der Waals surface area (Å²) in [5, 5.41) is 3.89. The smallest absolute Gasteiger partial charge is 0.267 e. The summed E-state index contributed by atoms with van der Waals surface area (Å²) >= 11 is 3.36. The van der Waals surface area contributed by atoms with Gasteiger partial charge in [0.05, 0.1) is 11.8 Å². The largest absolute Gasteiger partial charge is 0.272 e. The third-order valence-electron chi connectivity index (χ3n) is 2.15. The number of amides is 1. The van der Waals surface area contributed by atoms with Crippen molar-refractivity contribution < 1.29 is 4.79 Å². The first-order valence-electron chi connectivity index (χ1n) is 5.25. The minimum absolute atomic E-state index is 0.283. The lowest BCUT2D eigenvalue weighted by molar-refractivity contribution is 0.0955. The zero-order chi connectivity index (χ0) is 12.8. The number of nitrogens with zero attached hydrogens (tertiary/aromatic N) is 2. The Kier molecular flexibility index (Phi) is 4.20. The van der Waals surface area contributed by atoms with E-state index in [0.29, 0.717) is 5.56 Å². The Bertz CT molecular complexity index is 569. The van der Waals surface area contributed by atoms with Gasteiger partial charge in [-0.2, -0.15) is 5.10 Å². The fourth-order valence-corrected chi connectivity index (χ4v) is 1.73. The molecule has 4 nitrogen and oxygen atoms in total. The van der Waals surface area contributed by atoms with Crippen molar-refractivity contribution >= 4 is 28.1 Å². The van der Waals surface area contributed by atoms with Crippen molar-refractivity contribution in [2.75, 3.05) is 0 Å². The lowest BCUT2D eigenvalue weighted by Crippen LogP contribution is -2.17. The molecule has 0 saturated heterocycles. The Morgan fingerprint density at radius 3 is 2.94 bits per heavy atom. The van der Waals surface area contributed by atoms with E-state index in [1.807, 2.05) is 24.3 Å². The molecule has 0 aliphatic rings.